The fraction of sp³-hybridized carbons (Fsp3) is 0.516. The lowest BCUT2D eigenvalue weighted by molar-refractivity contribution is -0.137. The van der Waals surface area contributed by atoms with Gasteiger partial charge in [-0.3, -0.25) is 14.6 Å². The van der Waals surface area contributed by atoms with E-state index in [4.69, 9.17) is 0 Å². The molecule has 3 aromatic rings. The van der Waals surface area contributed by atoms with Gasteiger partial charge in [-0.05, 0) is 68.5 Å². The van der Waals surface area contributed by atoms with Gasteiger partial charge in [-0.15, -0.1) is 23.1 Å². The first kappa shape index (κ1) is 28.6. The molecule has 8 nitrogen and oxygen atoms in total. The van der Waals surface area contributed by atoms with Crippen molar-refractivity contribution in [3.63, 3.8) is 0 Å². The molecule has 3 fully saturated rings. The van der Waals surface area contributed by atoms with Gasteiger partial charge in [-0.1, -0.05) is 0 Å². The highest BCUT2D eigenvalue weighted by Gasteiger charge is 2.47. The van der Waals surface area contributed by atoms with E-state index in [0.717, 1.165) is 85.5 Å². The molecular formula is C31H34F3N7OS2. The third-order valence-electron chi connectivity index (χ3n) is 9.60. The lowest BCUT2D eigenvalue weighted by Gasteiger charge is -2.60. The first-order valence-electron chi connectivity index (χ1n) is 15.4. The van der Waals surface area contributed by atoms with Crippen LogP contribution in [0.15, 0.2) is 35.4 Å². The monoisotopic (exact) mass is 641 g/mol. The van der Waals surface area contributed by atoms with Gasteiger partial charge in [0.05, 0.1) is 22.8 Å². The van der Waals surface area contributed by atoms with E-state index in [2.05, 4.69) is 49.2 Å². The summed E-state index contributed by atoms with van der Waals surface area (Å²) in [5.41, 5.74) is 2.08. The second-order valence-electron chi connectivity index (χ2n) is 12.4. The number of amides is 1. The third-order valence-corrected chi connectivity index (χ3v) is 11.9. The lowest BCUT2D eigenvalue weighted by atomic mass is 9.95. The van der Waals surface area contributed by atoms with Crippen LogP contribution in [-0.4, -0.2) is 94.9 Å². The molecule has 5 aliphatic heterocycles. The van der Waals surface area contributed by atoms with Gasteiger partial charge >= 0.3 is 6.18 Å². The van der Waals surface area contributed by atoms with Crippen molar-refractivity contribution in [2.75, 3.05) is 62.3 Å². The number of thiophene rings is 1. The summed E-state index contributed by atoms with van der Waals surface area (Å²) in [5, 5.41) is 3.28. The van der Waals surface area contributed by atoms with E-state index in [1.807, 2.05) is 11.0 Å². The molecule has 2 atom stereocenters. The highest BCUT2D eigenvalue weighted by atomic mass is 32.2. The summed E-state index contributed by atoms with van der Waals surface area (Å²) in [4.78, 5) is 33.2. The Bertz CT molecular complexity index is 1610. The number of hydrogen-bond acceptors (Lipinski definition) is 9. The average Bonchev–Trinajstić information content (AvgIpc) is 3.76. The smallest absolute Gasteiger partial charge is 0.353 e. The first-order chi connectivity index (χ1) is 21.2. The molecule has 6 aliphatic rings. The number of fused-ring (bicyclic) bond motifs is 5. The Balaban J connectivity index is 1.23. The zero-order chi connectivity index (χ0) is 30.2. The summed E-state index contributed by atoms with van der Waals surface area (Å²) in [6.45, 7) is 5.21. The maximum atomic E-state index is 14.2. The number of piperazine rings is 1. The predicted molar refractivity (Wildman–Crippen MR) is 167 cm³/mol. The lowest BCUT2D eigenvalue weighted by Crippen LogP contribution is -2.76. The van der Waals surface area contributed by atoms with E-state index < -0.39 is 11.7 Å². The van der Waals surface area contributed by atoms with Crippen molar-refractivity contribution >= 4 is 46.3 Å². The number of hydrogen-bond donors (Lipinski definition) is 1. The minimum Gasteiger partial charge on any atom is -0.353 e. The number of nitrogens with one attached hydrogen (secondary N) is 1. The third kappa shape index (κ3) is 5.05. The topological polar surface area (TPSA) is 67.8 Å². The molecule has 0 radical (unpaired) electrons. The molecule has 1 aliphatic carbocycles. The second kappa shape index (κ2) is 10.9. The van der Waals surface area contributed by atoms with Crippen molar-refractivity contribution < 1.29 is 18.0 Å². The maximum absolute atomic E-state index is 14.2. The number of carbonyl (C=O) groups is 1. The SMILES string of the molecule is CN1CCN2c3ccc(c(C4CC4)c3)Nc3ncc(C(F)(F)F)c(n3)-c3cc4c(s3)C(=O)N(CCCCN3CC1C32)CCS4. The fourth-order valence-electron chi connectivity index (χ4n) is 7.01. The minimum atomic E-state index is -4.64. The molecule has 0 spiro atoms. The van der Waals surface area contributed by atoms with Crippen LogP contribution < -0.4 is 10.2 Å². The quantitative estimate of drug-likeness (QED) is 0.350. The van der Waals surface area contributed by atoms with Crippen LogP contribution in [0.25, 0.3) is 10.6 Å². The van der Waals surface area contributed by atoms with Gasteiger partial charge in [0, 0.05) is 67.5 Å². The zero-order valence-electron chi connectivity index (χ0n) is 24.4. The second-order valence-corrected chi connectivity index (χ2v) is 14.6. The number of likely N-dealkylation sites (N-methyl/N-ethyl adjacent to an activating group) is 1. The van der Waals surface area contributed by atoms with Crippen LogP contribution in [0.4, 0.5) is 30.5 Å². The summed E-state index contributed by atoms with van der Waals surface area (Å²) in [6.07, 6.45) is 0.562. The van der Waals surface area contributed by atoms with E-state index in [9.17, 15) is 18.0 Å². The summed E-state index contributed by atoms with van der Waals surface area (Å²) < 4.78 is 42.7. The number of nitrogens with zero attached hydrogens (tertiary/aromatic N) is 6. The Morgan fingerprint density at radius 3 is 2.70 bits per heavy atom. The van der Waals surface area contributed by atoms with Crippen LogP contribution in [0.5, 0.6) is 0 Å². The Kier molecular flexibility index (Phi) is 7.07. The van der Waals surface area contributed by atoms with E-state index in [1.54, 1.807) is 6.07 Å². The Labute approximate surface area is 262 Å². The number of benzene rings is 1. The van der Waals surface area contributed by atoms with E-state index >= 15 is 0 Å². The molecule has 13 heteroatoms. The molecule has 1 saturated carbocycles. The van der Waals surface area contributed by atoms with E-state index in [-0.39, 0.29) is 17.5 Å². The number of alkyl halides is 3. The molecular weight excluding hydrogens is 608 g/mol. The number of aromatic nitrogens is 2. The molecule has 7 bridgehead atoms. The maximum Gasteiger partial charge on any atom is 0.420 e. The van der Waals surface area contributed by atoms with Crippen LogP contribution in [0, 0.1) is 0 Å². The van der Waals surface area contributed by atoms with Crippen LogP contribution in [0.2, 0.25) is 0 Å². The van der Waals surface area contributed by atoms with Crippen molar-refractivity contribution in [1.29, 1.82) is 0 Å². The molecule has 1 N–H and O–H groups in total. The molecule has 7 heterocycles. The van der Waals surface area contributed by atoms with E-state index in [1.165, 1.54) is 17.4 Å². The molecule has 2 saturated heterocycles. The highest BCUT2D eigenvalue weighted by molar-refractivity contribution is 7.99. The molecule has 1 aromatic carbocycles. The molecule has 2 aromatic heterocycles. The van der Waals surface area contributed by atoms with Gasteiger partial charge in [0.1, 0.15) is 10.4 Å². The van der Waals surface area contributed by atoms with Gasteiger partial charge < -0.3 is 15.1 Å². The number of thioether (sulfide) groups is 1. The minimum absolute atomic E-state index is 0.102. The Hall–Kier alpha value is -2.87. The first-order valence-corrected chi connectivity index (χ1v) is 17.2. The average molecular weight is 642 g/mol. The van der Waals surface area contributed by atoms with Crippen molar-refractivity contribution in [1.82, 2.24) is 24.7 Å². The number of rotatable bonds is 1. The fourth-order valence-corrected chi connectivity index (χ4v) is 9.36. The van der Waals surface area contributed by atoms with Crippen LogP contribution >= 0.6 is 23.1 Å². The van der Waals surface area contributed by atoms with Crippen molar-refractivity contribution in [3.05, 3.63) is 46.5 Å². The Morgan fingerprint density at radius 1 is 1.05 bits per heavy atom. The summed E-state index contributed by atoms with van der Waals surface area (Å²) >= 11 is 2.63. The summed E-state index contributed by atoms with van der Waals surface area (Å²) in [7, 11) is 2.21. The van der Waals surface area contributed by atoms with Crippen LogP contribution in [0.1, 0.15) is 52.4 Å². The van der Waals surface area contributed by atoms with Gasteiger partial charge in [0.15, 0.2) is 0 Å². The highest BCUT2D eigenvalue weighted by Crippen LogP contribution is 2.47. The molecule has 2 unspecified atom stereocenters. The van der Waals surface area contributed by atoms with Gasteiger partial charge in [0.25, 0.3) is 5.91 Å². The number of carbonyl (C=O) groups excluding carboxylic acids is 1. The zero-order valence-corrected chi connectivity index (χ0v) is 26.1. The standard InChI is InChI=1S/C31H34F3N7OS2/c1-38-10-11-41-19-6-7-22(20(14-19)18-4-5-18)36-30-35-16-21(31(32,33)34)26(37-30)24-15-25-27(44-24)29(42)39(12-13-43-25)8-2-3-9-40-17-23(38)28(40)41/h6-7,14-16,18,23,28H,2-5,8-13,17H2,1H3,(H,35,36,37). The van der Waals surface area contributed by atoms with E-state index in [0.29, 0.717) is 46.7 Å². The Morgan fingerprint density at radius 2 is 1.89 bits per heavy atom. The van der Waals surface area contributed by atoms with Gasteiger partial charge in [-0.25, -0.2) is 9.97 Å². The van der Waals surface area contributed by atoms with Gasteiger partial charge in [-0.2, -0.15) is 13.2 Å². The van der Waals surface area contributed by atoms with Crippen LogP contribution in [0.3, 0.4) is 0 Å². The van der Waals surface area contributed by atoms with Crippen molar-refractivity contribution in [2.45, 2.75) is 54.9 Å². The van der Waals surface area contributed by atoms with Crippen molar-refractivity contribution in [3.8, 4) is 10.6 Å². The van der Waals surface area contributed by atoms with Gasteiger partial charge in [0.2, 0.25) is 5.95 Å². The molecule has 1 amide bonds. The summed E-state index contributed by atoms with van der Waals surface area (Å²) in [6, 6.07) is 8.61. The largest absolute Gasteiger partial charge is 0.420 e. The molecule has 44 heavy (non-hydrogen) atoms. The normalized spacial score (nSPS) is 24.5. The molecule has 232 valence electrons. The predicted octanol–water partition coefficient (Wildman–Crippen LogP) is 5.95. The van der Waals surface area contributed by atoms with Crippen LogP contribution in [-0.2, 0) is 6.18 Å². The number of halogens is 3. The van der Waals surface area contributed by atoms with Crippen molar-refractivity contribution in [2.24, 2.45) is 0 Å². The molecule has 9 rings (SSSR count). The summed E-state index contributed by atoms with van der Waals surface area (Å²) in [5.74, 6) is 1.12. The number of anilines is 3.